The molecule has 0 unspecified atom stereocenters. The summed E-state index contributed by atoms with van der Waals surface area (Å²) >= 11 is 3.29. The van der Waals surface area contributed by atoms with Gasteiger partial charge in [0.15, 0.2) is 16.2 Å². The highest BCUT2D eigenvalue weighted by atomic mass is 79.9. The minimum absolute atomic E-state index is 0.278. The van der Waals surface area contributed by atoms with E-state index in [0.29, 0.717) is 21.7 Å². The van der Waals surface area contributed by atoms with Gasteiger partial charge in [-0.25, -0.2) is 14.6 Å². The van der Waals surface area contributed by atoms with Gasteiger partial charge in [0.25, 0.3) is 0 Å². The standard InChI is InChI=1S/C8H9BrN6O/c1-15-5(7(9)13-14-15)4-6(16-2)8(10)12-3-11-4/h3H,1-2H3,(H2,10,11,12). The van der Waals surface area contributed by atoms with Crippen molar-refractivity contribution in [1.82, 2.24) is 25.0 Å². The fourth-order valence-corrected chi connectivity index (χ4v) is 1.86. The highest BCUT2D eigenvalue weighted by Gasteiger charge is 2.18. The lowest BCUT2D eigenvalue weighted by molar-refractivity contribution is 0.414. The van der Waals surface area contributed by atoms with Crippen molar-refractivity contribution in [3.05, 3.63) is 10.9 Å². The maximum absolute atomic E-state index is 5.70. The van der Waals surface area contributed by atoms with Crippen LogP contribution >= 0.6 is 15.9 Å². The van der Waals surface area contributed by atoms with Crippen LogP contribution in [-0.2, 0) is 7.05 Å². The number of rotatable bonds is 2. The SMILES string of the molecule is COc1c(N)ncnc1-c1c(Br)nnn1C. The van der Waals surface area contributed by atoms with Gasteiger partial charge in [-0.3, -0.25) is 0 Å². The summed E-state index contributed by atoms with van der Waals surface area (Å²) in [6, 6.07) is 0. The Hall–Kier alpha value is -1.70. The van der Waals surface area contributed by atoms with Crippen LogP contribution in [0.4, 0.5) is 5.82 Å². The van der Waals surface area contributed by atoms with E-state index in [1.54, 1.807) is 11.7 Å². The first-order valence-corrected chi connectivity index (χ1v) is 5.14. The first kappa shape index (κ1) is 10.8. The predicted molar refractivity (Wildman–Crippen MR) is 60.7 cm³/mol. The van der Waals surface area contributed by atoms with Crippen LogP contribution in [0.1, 0.15) is 0 Å². The van der Waals surface area contributed by atoms with E-state index in [0.717, 1.165) is 0 Å². The molecular formula is C8H9BrN6O. The van der Waals surface area contributed by atoms with Crippen molar-refractivity contribution in [2.75, 3.05) is 12.8 Å². The third kappa shape index (κ3) is 1.60. The number of hydrogen-bond acceptors (Lipinski definition) is 6. The Morgan fingerprint density at radius 1 is 1.44 bits per heavy atom. The number of nitrogen functional groups attached to an aromatic ring is 1. The summed E-state index contributed by atoms with van der Waals surface area (Å²) in [4.78, 5) is 7.98. The van der Waals surface area contributed by atoms with Gasteiger partial charge in [0, 0.05) is 7.05 Å². The van der Waals surface area contributed by atoms with E-state index < -0.39 is 0 Å². The third-order valence-corrected chi connectivity index (χ3v) is 2.58. The van der Waals surface area contributed by atoms with Crippen LogP contribution in [-0.4, -0.2) is 32.1 Å². The molecule has 2 N–H and O–H groups in total. The number of aryl methyl sites for hydroxylation is 1. The molecule has 0 aromatic carbocycles. The maximum atomic E-state index is 5.70. The Balaban J connectivity index is 2.69. The average Bonchev–Trinajstić information content (AvgIpc) is 2.58. The molecule has 2 heterocycles. The zero-order valence-electron chi connectivity index (χ0n) is 8.68. The van der Waals surface area contributed by atoms with Gasteiger partial charge in [0.2, 0.25) is 0 Å². The predicted octanol–water partition coefficient (Wildman–Crippen LogP) is 0.625. The highest BCUT2D eigenvalue weighted by molar-refractivity contribution is 9.10. The molecule has 2 rings (SSSR count). The molecule has 0 bridgehead atoms. The topological polar surface area (TPSA) is 91.7 Å². The number of aromatic nitrogens is 5. The number of nitrogens with zero attached hydrogens (tertiary/aromatic N) is 5. The second-order valence-corrected chi connectivity index (χ2v) is 3.74. The van der Waals surface area contributed by atoms with E-state index in [-0.39, 0.29) is 5.82 Å². The van der Waals surface area contributed by atoms with Crippen molar-refractivity contribution in [3.8, 4) is 17.1 Å². The normalized spacial score (nSPS) is 10.4. The van der Waals surface area contributed by atoms with Crippen LogP contribution < -0.4 is 10.5 Å². The molecule has 84 valence electrons. The summed E-state index contributed by atoms with van der Waals surface area (Å²) in [5, 5.41) is 7.73. The van der Waals surface area contributed by atoms with E-state index in [2.05, 4.69) is 36.2 Å². The smallest absolute Gasteiger partial charge is 0.189 e. The first-order valence-electron chi connectivity index (χ1n) is 4.35. The van der Waals surface area contributed by atoms with Gasteiger partial charge in [-0.15, -0.1) is 5.10 Å². The van der Waals surface area contributed by atoms with Crippen molar-refractivity contribution in [2.45, 2.75) is 0 Å². The van der Waals surface area contributed by atoms with Crippen LogP contribution in [0.2, 0.25) is 0 Å². The molecule has 0 aliphatic rings. The molecular weight excluding hydrogens is 276 g/mol. The number of anilines is 1. The molecule has 0 fully saturated rings. The number of ether oxygens (including phenoxy) is 1. The summed E-state index contributed by atoms with van der Waals surface area (Å²) in [5.74, 6) is 0.689. The first-order chi connectivity index (χ1) is 7.65. The van der Waals surface area contributed by atoms with Crippen molar-refractivity contribution in [3.63, 3.8) is 0 Å². The Morgan fingerprint density at radius 2 is 2.19 bits per heavy atom. The molecule has 16 heavy (non-hydrogen) atoms. The number of hydrogen-bond donors (Lipinski definition) is 1. The molecule has 0 amide bonds. The van der Waals surface area contributed by atoms with Crippen LogP contribution in [0, 0.1) is 0 Å². The quantitative estimate of drug-likeness (QED) is 0.869. The fourth-order valence-electron chi connectivity index (χ4n) is 1.34. The monoisotopic (exact) mass is 284 g/mol. The van der Waals surface area contributed by atoms with Gasteiger partial charge in [0.1, 0.15) is 17.7 Å². The molecule has 0 atom stereocenters. The van der Waals surface area contributed by atoms with E-state index in [1.165, 1.54) is 13.4 Å². The van der Waals surface area contributed by atoms with Crippen LogP contribution in [0.15, 0.2) is 10.9 Å². The summed E-state index contributed by atoms with van der Waals surface area (Å²) in [7, 11) is 3.26. The molecule has 2 aromatic rings. The zero-order chi connectivity index (χ0) is 11.7. The van der Waals surface area contributed by atoms with Crippen molar-refractivity contribution in [1.29, 1.82) is 0 Å². The number of nitrogens with two attached hydrogens (primary N) is 1. The molecule has 0 aliphatic heterocycles. The van der Waals surface area contributed by atoms with E-state index in [1.807, 2.05) is 0 Å². The summed E-state index contributed by atoms with van der Waals surface area (Å²) in [6.45, 7) is 0. The molecule has 0 spiro atoms. The second kappa shape index (κ2) is 4.05. The molecule has 7 nitrogen and oxygen atoms in total. The third-order valence-electron chi connectivity index (χ3n) is 2.05. The summed E-state index contributed by atoms with van der Waals surface area (Å²) in [6.07, 6.45) is 1.37. The summed E-state index contributed by atoms with van der Waals surface area (Å²) in [5.41, 5.74) is 6.93. The minimum Gasteiger partial charge on any atom is -0.491 e. The molecule has 0 aliphatic carbocycles. The molecule has 2 aromatic heterocycles. The van der Waals surface area contributed by atoms with Gasteiger partial charge >= 0.3 is 0 Å². The number of methoxy groups -OCH3 is 1. The van der Waals surface area contributed by atoms with Crippen LogP contribution in [0.3, 0.4) is 0 Å². The fraction of sp³-hybridized carbons (Fsp3) is 0.250. The Kier molecular flexibility index (Phi) is 2.73. The lowest BCUT2D eigenvalue weighted by Crippen LogP contribution is -2.03. The highest BCUT2D eigenvalue weighted by Crippen LogP contribution is 2.33. The zero-order valence-corrected chi connectivity index (χ0v) is 10.3. The van der Waals surface area contributed by atoms with Gasteiger partial charge in [-0.1, -0.05) is 5.21 Å². The van der Waals surface area contributed by atoms with Crippen LogP contribution in [0.25, 0.3) is 11.4 Å². The largest absolute Gasteiger partial charge is 0.491 e. The van der Waals surface area contributed by atoms with Gasteiger partial charge in [0.05, 0.1) is 7.11 Å². The van der Waals surface area contributed by atoms with E-state index >= 15 is 0 Å². The van der Waals surface area contributed by atoms with Crippen LogP contribution in [0.5, 0.6) is 5.75 Å². The molecule has 8 heteroatoms. The van der Waals surface area contributed by atoms with Gasteiger partial charge < -0.3 is 10.5 Å². The second-order valence-electron chi connectivity index (χ2n) is 2.99. The molecule has 0 saturated carbocycles. The Morgan fingerprint density at radius 3 is 2.75 bits per heavy atom. The lowest BCUT2D eigenvalue weighted by atomic mass is 10.3. The van der Waals surface area contributed by atoms with E-state index in [9.17, 15) is 0 Å². The van der Waals surface area contributed by atoms with Gasteiger partial charge in [-0.2, -0.15) is 0 Å². The molecule has 0 radical (unpaired) electrons. The van der Waals surface area contributed by atoms with Crippen molar-refractivity contribution < 1.29 is 4.74 Å². The average molecular weight is 285 g/mol. The number of halogens is 1. The van der Waals surface area contributed by atoms with Crippen molar-refractivity contribution in [2.24, 2.45) is 7.05 Å². The molecule has 0 saturated heterocycles. The van der Waals surface area contributed by atoms with Gasteiger partial charge in [-0.05, 0) is 15.9 Å². The summed E-state index contributed by atoms with van der Waals surface area (Å²) < 4.78 is 7.32. The minimum atomic E-state index is 0.278. The van der Waals surface area contributed by atoms with Crippen molar-refractivity contribution >= 4 is 21.7 Å². The van der Waals surface area contributed by atoms with E-state index in [4.69, 9.17) is 10.5 Å². The maximum Gasteiger partial charge on any atom is 0.189 e. The Labute approximate surface area is 99.8 Å². The Bertz CT molecular complexity index is 506. The lowest BCUT2D eigenvalue weighted by Gasteiger charge is -2.08.